The van der Waals surface area contributed by atoms with Gasteiger partial charge in [-0.1, -0.05) is 15.9 Å². The van der Waals surface area contributed by atoms with E-state index in [1.54, 1.807) is 11.0 Å². The molecule has 0 atom stereocenters. The molecule has 3 rings (SSSR count). The smallest absolute Gasteiger partial charge is 0.299 e. The van der Waals surface area contributed by atoms with Crippen molar-refractivity contribution in [3.05, 3.63) is 28.2 Å². The predicted octanol–water partition coefficient (Wildman–Crippen LogP) is 1.73. The van der Waals surface area contributed by atoms with Crippen molar-refractivity contribution in [3.63, 3.8) is 0 Å². The van der Waals surface area contributed by atoms with Gasteiger partial charge < -0.3 is 10.2 Å². The number of piperidine rings is 1. The maximum absolute atomic E-state index is 12.1. The Hall–Kier alpha value is -1.20. The fraction of sp³-hybridized carbons (Fsp3) is 0.385. The highest BCUT2D eigenvalue weighted by atomic mass is 79.9. The van der Waals surface area contributed by atoms with Crippen LogP contribution in [-0.2, 0) is 4.79 Å². The summed E-state index contributed by atoms with van der Waals surface area (Å²) in [7, 11) is 0. The molecule has 0 unspecified atom stereocenters. The monoisotopic (exact) mass is 308 g/mol. The number of rotatable bonds is 1. The lowest BCUT2D eigenvalue weighted by Crippen LogP contribution is -2.45. The molecule has 0 radical (unpaired) electrons. The summed E-state index contributed by atoms with van der Waals surface area (Å²) in [6, 6.07) is 5.60. The standard InChI is InChI=1S/C13H13BrN2O2/c14-8-1-2-11-10(7-8)12(17)13(18)16(11)9-3-5-15-6-4-9/h1-2,7,9,15H,3-6H2. The molecule has 2 aliphatic rings. The average Bonchev–Trinajstić information content (AvgIpc) is 2.64. The van der Waals surface area contributed by atoms with Gasteiger partial charge in [0, 0.05) is 10.5 Å². The number of carbonyl (C=O) groups excluding carboxylic acids is 2. The van der Waals surface area contributed by atoms with Crippen LogP contribution in [0.4, 0.5) is 5.69 Å². The fourth-order valence-electron chi connectivity index (χ4n) is 2.66. The Morgan fingerprint density at radius 3 is 2.67 bits per heavy atom. The molecular weight excluding hydrogens is 296 g/mol. The lowest BCUT2D eigenvalue weighted by molar-refractivity contribution is -0.114. The maximum atomic E-state index is 12.1. The number of benzene rings is 1. The Kier molecular flexibility index (Phi) is 2.95. The van der Waals surface area contributed by atoms with Gasteiger partial charge in [-0.15, -0.1) is 0 Å². The number of hydrogen-bond acceptors (Lipinski definition) is 3. The van der Waals surface area contributed by atoms with Crippen LogP contribution in [0.15, 0.2) is 22.7 Å². The van der Waals surface area contributed by atoms with E-state index in [4.69, 9.17) is 0 Å². The minimum atomic E-state index is -0.384. The van der Waals surface area contributed by atoms with Gasteiger partial charge in [0.15, 0.2) is 0 Å². The summed E-state index contributed by atoms with van der Waals surface area (Å²) in [6.07, 6.45) is 1.79. The molecule has 1 fully saturated rings. The molecule has 0 saturated carbocycles. The number of hydrogen-bond donors (Lipinski definition) is 1. The molecule has 2 heterocycles. The number of halogens is 1. The molecule has 0 spiro atoms. The fourth-order valence-corrected chi connectivity index (χ4v) is 3.02. The van der Waals surface area contributed by atoms with Gasteiger partial charge >= 0.3 is 0 Å². The van der Waals surface area contributed by atoms with Crippen molar-refractivity contribution in [1.29, 1.82) is 0 Å². The first-order valence-electron chi connectivity index (χ1n) is 6.06. The molecule has 0 aliphatic carbocycles. The van der Waals surface area contributed by atoms with Gasteiger partial charge in [0.25, 0.3) is 11.7 Å². The largest absolute Gasteiger partial charge is 0.317 e. The Bertz CT molecular complexity index is 524. The topological polar surface area (TPSA) is 49.4 Å². The van der Waals surface area contributed by atoms with E-state index in [1.807, 2.05) is 12.1 Å². The highest BCUT2D eigenvalue weighted by Crippen LogP contribution is 2.34. The molecule has 0 aromatic heterocycles. The summed E-state index contributed by atoms with van der Waals surface area (Å²) in [6.45, 7) is 1.79. The van der Waals surface area contributed by atoms with Gasteiger partial charge in [0.05, 0.1) is 11.3 Å². The number of amides is 1. The van der Waals surface area contributed by atoms with Crippen molar-refractivity contribution >= 4 is 33.3 Å². The number of Topliss-reactive ketones (excluding diaryl/α,β-unsaturated/α-hetero) is 1. The summed E-state index contributed by atoms with van der Waals surface area (Å²) in [5.74, 6) is -0.764. The van der Waals surface area contributed by atoms with E-state index < -0.39 is 0 Å². The second-order valence-electron chi connectivity index (χ2n) is 4.65. The van der Waals surface area contributed by atoms with Crippen LogP contribution in [0.25, 0.3) is 0 Å². The lowest BCUT2D eigenvalue weighted by Gasteiger charge is -2.31. The molecule has 2 aliphatic heterocycles. The first kappa shape index (κ1) is 11.9. The van der Waals surface area contributed by atoms with Crippen LogP contribution in [0.5, 0.6) is 0 Å². The molecule has 4 nitrogen and oxygen atoms in total. The van der Waals surface area contributed by atoms with Crippen LogP contribution < -0.4 is 10.2 Å². The Morgan fingerprint density at radius 1 is 1.22 bits per heavy atom. The summed E-state index contributed by atoms with van der Waals surface area (Å²) in [4.78, 5) is 25.8. The number of nitrogens with one attached hydrogen (secondary N) is 1. The molecule has 1 aromatic carbocycles. The first-order valence-corrected chi connectivity index (χ1v) is 6.86. The van der Waals surface area contributed by atoms with Crippen LogP contribution in [0, 0.1) is 0 Å². The van der Waals surface area contributed by atoms with Crippen LogP contribution >= 0.6 is 15.9 Å². The third-order valence-electron chi connectivity index (χ3n) is 3.55. The van der Waals surface area contributed by atoms with Gasteiger partial charge in [-0.05, 0) is 44.1 Å². The molecule has 94 valence electrons. The molecule has 5 heteroatoms. The highest BCUT2D eigenvalue weighted by molar-refractivity contribution is 9.10. The van der Waals surface area contributed by atoms with E-state index >= 15 is 0 Å². The molecule has 0 bridgehead atoms. The first-order chi connectivity index (χ1) is 8.68. The van der Waals surface area contributed by atoms with E-state index in [0.717, 1.165) is 36.1 Å². The van der Waals surface area contributed by atoms with Gasteiger partial charge in [-0.25, -0.2) is 0 Å². The van der Waals surface area contributed by atoms with E-state index in [0.29, 0.717) is 5.56 Å². The Morgan fingerprint density at radius 2 is 1.94 bits per heavy atom. The van der Waals surface area contributed by atoms with Crippen molar-refractivity contribution in [2.45, 2.75) is 18.9 Å². The van der Waals surface area contributed by atoms with Crippen molar-refractivity contribution in [3.8, 4) is 0 Å². The quantitative estimate of drug-likeness (QED) is 0.804. The molecule has 1 saturated heterocycles. The zero-order valence-electron chi connectivity index (χ0n) is 9.78. The highest BCUT2D eigenvalue weighted by Gasteiger charge is 2.39. The molecule has 1 N–H and O–H groups in total. The van der Waals surface area contributed by atoms with Crippen molar-refractivity contribution in [1.82, 2.24) is 5.32 Å². The SMILES string of the molecule is O=C1C(=O)N(C2CCNCC2)c2ccc(Br)cc21. The summed E-state index contributed by atoms with van der Waals surface area (Å²) < 4.78 is 0.828. The normalized spacial score (nSPS) is 20.4. The van der Waals surface area contributed by atoms with Gasteiger partial charge in [-0.3, -0.25) is 9.59 Å². The van der Waals surface area contributed by atoms with Gasteiger partial charge in [-0.2, -0.15) is 0 Å². The molecule has 1 amide bonds. The van der Waals surface area contributed by atoms with Crippen molar-refractivity contribution < 1.29 is 9.59 Å². The number of fused-ring (bicyclic) bond motifs is 1. The molecular formula is C13H13BrN2O2. The van der Waals surface area contributed by atoms with E-state index in [1.165, 1.54) is 0 Å². The van der Waals surface area contributed by atoms with Gasteiger partial charge in [0.1, 0.15) is 0 Å². The number of nitrogens with zero attached hydrogens (tertiary/aromatic N) is 1. The summed E-state index contributed by atoms with van der Waals surface area (Å²) in [5.41, 5.74) is 1.29. The maximum Gasteiger partial charge on any atom is 0.299 e. The number of carbonyl (C=O) groups is 2. The summed E-state index contributed by atoms with van der Waals surface area (Å²) >= 11 is 3.34. The van der Waals surface area contributed by atoms with Crippen LogP contribution in [0.1, 0.15) is 23.2 Å². The van der Waals surface area contributed by atoms with Crippen LogP contribution in [-0.4, -0.2) is 30.8 Å². The zero-order valence-corrected chi connectivity index (χ0v) is 11.4. The molecule has 1 aromatic rings. The van der Waals surface area contributed by atoms with Crippen LogP contribution in [0.2, 0.25) is 0 Å². The number of ketones is 1. The van der Waals surface area contributed by atoms with Crippen molar-refractivity contribution in [2.24, 2.45) is 0 Å². The summed E-state index contributed by atoms with van der Waals surface area (Å²) in [5, 5.41) is 3.27. The zero-order chi connectivity index (χ0) is 12.7. The van der Waals surface area contributed by atoms with Crippen molar-refractivity contribution in [2.75, 3.05) is 18.0 Å². The third kappa shape index (κ3) is 1.78. The number of anilines is 1. The lowest BCUT2D eigenvalue weighted by atomic mass is 10.0. The second kappa shape index (κ2) is 4.48. The Labute approximate surface area is 113 Å². The predicted molar refractivity (Wildman–Crippen MR) is 71.9 cm³/mol. The Balaban J connectivity index is 2.01. The van der Waals surface area contributed by atoms with E-state index in [2.05, 4.69) is 21.2 Å². The van der Waals surface area contributed by atoms with E-state index in [-0.39, 0.29) is 17.7 Å². The van der Waals surface area contributed by atoms with Gasteiger partial charge in [0.2, 0.25) is 0 Å². The molecule has 18 heavy (non-hydrogen) atoms. The second-order valence-corrected chi connectivity index (χ2v) is 5.56. The van der Waals surface area contributed by atoms with Crippen LogP contribution in [0.3, 0.4) is 0 Å². The van der Waals surface area contributed by atoms with E-state index in [9.17, 15) is 9.59 Å². The third-order valence-corrected chi connectivity index (χ3v) is 4.04. The minimum Gasteiger partial charge on any atom is -0.317 e. The average molecular weight is 309 g/mol. The minimum absolute atomic E-state index is 0.144.